The molecule has 6 heteroatoms. The highest BCUT2D eigenvalue weighted by Crippen LogP contribution is 2.21. The number of hydrogen-bond acceptors (Lipinski definition) is 5. The first-order valence-electron chi connectivity index (χ1n) is 14.5. The first kappa shape index (κ1) is 32.9. The molecule has 1 unspecified atom stereocenters. The van der Waals surface area contributed by atoms with Gasteiger partial charge in [0.25, 0.3) is 0 Å². The first-order chi connectivity index (χ1) is 17.8. The highest BCUT2D eigenvalue weighted by Gasteiger charge is 2.27. The van der Waals surface area contributed by atoms with Crippen molar-refractivity contribution in [2.75, 3.05) is 19.8 Å². The number of unbranched alkanes of at least 4 members (excludes halogenated alkanes) is 6. The second-order valence-corrected chi connectivity index (χ2v) is 10.9. The van der Waals surface area contributed by atoms with Crippen molar-refractivity contribution in [3.05, 3.63) is 35.9 Å². The van der Waals surface area contributed by atoms with Gasteiger partial charge in [0.05, 0.1) is 19.8 Å². The third-order valence-corrected chi connectivity index (χ3v) is 6.23. The molecular formula is C31H53NO5. The molecular weight excluding hydrogens is 466 g/mol. The van der Waals surface area contributed by atoms with Gasteiger partial charge in [-0.25, -0.2) is 4.79 Å². The quantitative estimate of drug-likeness (QED) is 0.129. The number of rotatable bonds is 20. The topological polar surface area (TPSA) is 65.1 Å². The highest BCUT2D eigenvalue weighted by molar-refractivity contribution is 5.69. The van der Waals surface area contributed by atoms with Crippen molar-refractivity contribution in [3.63, 3.8) is 0 Å². The summed E-state index contributed by atoms with van der Waals surface area (Å²) in [5.41, 5.74) is 0.576. The number of amides is 1. The van der Waals surface area contributed by atoms with Crippen LogP contribution < -0.4 is 0 Å². The summed E-state index contributed by atoms with van der Waals surface area (Å²) in [5, 5.41) is 0. The van der Waals surface area contributed by atoms with E-state index < -0.39 is 5.60 Å². The maximum atomic E-state index is 13.2. The van der Waals surface area contributed by atoms with Gasteiger partial charge in [-0.15, -0.1) is 0 Å². The van der Waals surface area contributed by atoms with Crippen LogP contribution in [-0.2, 0) is 25.6 Å². The molecule has 0 aliphatic heterocycles. The van der Waals surface area contributed by atoms with Gasteiger partial charge >= 0.3 is 12.1 Å². The molecule has 0 N–H and O–H groups in total. The largest absolute Gasteiger partial charge is 0.466 e. The van der Waals surface area contributed by atoms with Crippen LogP contribution in [0.25, 0.3) is 0 Å². The van der Waals surface area contributed by atoms with Gasteiger partial charge in [0, 0.05) is 19.0 Å². The third-order valence-electron chi connectivity index (χ3n) is 6.23. The number of esters is 1. The van der Waals surface area contributed by atoms with Gasteiger partial charge in [0.1, 0.15) is 5.60 Å². The molecule has 0 aliphatic carbocycles. The zero-order valence-electron chi connectivity index (χ0n) is 24.3. The van der Waals surface area contributed by atoms with Gasteiger partial charge in [-0.2, -0.15) is 0 Å². The molecule has 1 amide bonds. The van der Waals surface area contributed by atoms with Gasteiger partial charge in [-0.1, -0.05) is 82.7 Å². The smallest absolute Gasteiger partial charge is 0.410 e. The Labute approximate surface area is 226 Å². The fourth-order valence-corrected chi connectivity index (χ4v) is 4.19. The third kappa shape index (κ3) is 17.1. The molecule has 0 heterocycles. The van der Waals surface area contributed by atoms with Gasteiger partial charge in [-0.05, 0) is 58.4 Å². The predicted octanol–water partition coefficient (Wildman–Crippen LogP) is 8.07. The molecule has 0 saturated heterocycles. The Hall–Kier alpha value is -2.08. The van der Waals surface area contributed by atoms with Crippen molar-refractivity contribution >= 4 is 12.1 Å². The molecule has 1 aromatic rings. The van der Waals surface area contributed by atoms with Crippen molar-refractivity contribution in [3.8, 4) is 0 Å². The van der Waals surface area contributed by atoms with E-state index >= 15 is 0 Å². The molecule has 0 fully saturated rings. The molecule has 1 aromatic carbocycles. The minimum Gasteiger partial charge on any atom is -0.466 e. The minimum atomic E-state index is -0.546. The zero-order chi connectivity index (χ0) is 27.4. The summed E-state index contributed by atoms with van der Waals surface area (Å²) in [7, 11) is 0. The van der Waals surface area contributed by atoms with Crippen molar-refractivity contribution < 1.29 is 23.8 Å². The predicted molar refractivity (Wildman–Crippen MR) is 151 cm³/mol. The maximum absolute atomic E-state index is 13.2. The van der Waals surface area contributed by atoms with E-state index in [2.05, 4.69) is 13.8 Å². The van der Waals surface area contributed by atoms with Crippen LogP contribution in [0.5, 0.6) is 0 Å². The summed E-state index contributed by atoms with van der Waals surface area (Å²) < 4.78 is 17.1. The Morgan fingerprint density at radius 2 is 1.49 bits per heavy atom. The summed E-state index contributed by atoms with van der Waals surface area (Å²) >= 11 is 0. The van der Waals surface area contributed by atoms with E-state index in [1.54, 1.807) is 0 Å². The lowest BCUT2D eigenvalue weighted by molar-refractivity contribution is -0.143. The van der Waals surface area contributed by atoms with Crippen LogP contribution in [0.2, 0.25) is 0 Å². The highest BCUT2D eigenvalue weighted by atomic mass is 16.6. The molecule has 0 aromatic heterocycles. The lowest BCUT2D eigenvalue weighted by Gasteiger charge is -2.34. The van der Waals surface area contributed by atoms with Gasteiger partial charge in [0.15, 0.2) is 0 Å². The van der Waals surface area contributed by atoms with E-state index in [0.29, 0.717) is 32.8 Å². The van der Waals surface area contributed by atoms with Crippen LogP contribution in [-0.4, -0.2) is 48.4 Å². The molecule has 0 aliphatic rings. The molecule has 212 valence electrons. The van der Waals surface area contributed by atoms with Gasteiger partial charge < -0.3 is 19.1 Å². The molecule has 6 nitrogen and oxygen atoms in total. The van der Waals surface area contributed by atoms with Crippen LogP contribution >= 0.6 is 0 Å². The Balaban J connectivity index is 2.63. The van der Waals surface area contributed by atoms with Crippen molar-refractivity contribution in [2.24, 2.45) is 0 Å². The molecule has 1 rings (SSSR count). The van der Waals surface area contributed by atoms with E-state index in [1.807, 2.05) is 56.0 Å². The lowest BCUT2D eigenvalue weighted by atomic mass is 10.0. The Kier molecular flexibility index (Phi) is 17.8. The standard InChI is InChI=1S/C31H53NO5/c1-6-8-12-20-28(21-16-11-17-24-36-29(33)22-13-9-7-2)32(30(34)37-31(3,4)5)23-25-35-26-27-18-14-10-15-19-27/h10,14-15,18-19,28H,6-9,11-13,16-17,20-26H2,1-5H3. The summed E-state index contributed by atoms with van der Waals surface area (Å²) in [5.74, 6) is -0.0857. The van der Waals surface area contributed by atoms with E-state index in [4.69, 9.17) is 14.2 Å². The maximum Gasteiger partial charge on any atom is 0.410 e. The van der Waals surface area contributed by atoms with Crippen molar-refractivity contribution in [1.29, 1.82) is 0 Å². The van der Waals surface area contributed by atoms with E-state index in [9.17, 15) is 9.59 Å². The van der Waals surface area contributed by atoms with Crippen LogP contribution in [0.3, 0.4) is 0 Å². The van der Waals surface area contributed by atoms with E-state index in [1.165, 1.54) is 0 Å². The monoisotopic (exact) mass is 519 g/mol. The first-order valence-corrected chi connectivity index (χ1v) is 14.5. The van der Waals surface area contributed by atoms with Gasteiger partial charge in [-0.3, -0.25) is 4.79 Å². The molecule has 37 heavy (non-hydrogen) atoms. The van der Waals surface area contributed by atoms with E-state index in [0.717, 1.165) is 76.2 Å². The number of benzene rings is 1. The number of carbonyl (C=O) groups excluding carboxylic acids is 2. The van der Waals surface area contributed by atoms with Crippen LogP contribution in [0, 0.1) is 0 Å². The Morgan fingerprint density at radius 3 is 2.14 bits per heavy atom. The van der Waals surface area contributed by atoms with Gasteiger partial charge in [0.2, 0.25) is 0 Å². The van der Waals surface area contributed by atoms with E-state index in [-0.39, 0.29) is 18.1 Å². The average Bonchev–Trinajstić information content (AvgIpc) is 2.85. The second kappa shape index (κ2) is 20.0. The normalized spacial score (nSPS) is 12.2. The summed E-state index contributed by atoms with van der Waals surface area (Å²) in [4.78, 5) is 26.9. The SMILES string of the molecule is CCCCCC(=O)OCCCCCC(CCCCC)N(CCOCc1ccccc1)C(=O)OC(C)(C)C. The van der Waals surface area contributed by atoms with Crippen molar-refractivity contribution in [2.45, 2.75) is 130 Å². The average molecular weight is 520 g/mol. The molecule has 1 atom stereocenters. The molecule has 0 spiro atoms. The summed E-state index contributed by atoms with van der Waals surface area (Å²) in [6, 6.07) is 10.2. The number of carbonyl (C=O) groups is 2. The Morgan fingerprint density at radius 1 is 0.838 bits per heavy atom. The Bertz CT molecular complexity index is 716. The molecule has 0 saturated carbocycles. The fraction of sp³-hybridized carbons (Fsp3) is 0.742. The molecule has 0 radical (unpaired) electrons. The second-order valence-electron chi connectivity index (χ2n) is 10.9. The number of nitrogens with zero attached hydrogens (tertiary/aromatic N) is 1. The summed E-state index contributed by atoms with van der Waals surface area (Å²) in [6.45, 7) is 12.0. The number of ether oxygens (including phenoxy) is 3. The van der Waals surface area contributed by atoms with Crippen LogP contribution in [0.1, 0.15) is 117 Å². The number of hydrogen-bond donors (Lipinski definition) is 0. The minimum absolute atomic E-state index is 0.0857. The van der Waals surface area contributed by atoms with Crippen molar-refractivity contribution in [1.82, 2.24) is 4.90 Å². The molecule has 0 bridgehead atoms. The van der Waals surface area contributed by atoms with Crippen LogP contribution in [0.15, 0.2) is 30.3 Å². The summed E-state index contributed by atoms with van der Waals surface area (Å²) in [6.07, 6.45) is 11.4. The van der Waals surface area contributed by atoms with Crippen LogP contribution in [0.4, 0.5) is 4.79 Å². The lowest BCUT2D eigenvalue weighted by Crippen LogP contribution is -2.45. The fourth-order valence-electron chi connectivity index (χ4n) is 4.19. The zero-order valence-corrected chi connectivity index (χ0v) is 24.3.